The van der Waals surface area contributed by atoms with Crippen LogP contribution in [0, 0.1) is 17.8 Å². The summed E-state index contributed by atoms with van der Waals surface area (Å²) in [7, 11) is 1.64. The molecule has 10 fully saturated rings. The molecule has 14 nitrogen and oxygen atoms in total. The Bertz CT molecular complexity index is 2140. The van der Waals surface area contributed by atoms with Crippen LogP contribution < -0.4 is 0 Å². The highest BCUT2D eigenvalue weighted by atomic mass is 16.8. The lowest BCUT2D eigenvalue weighted by Gasteiger charge is -2.47. The molecule has 12 bridgehead atoms. The molecule has 14 heteroatoms. The number of esters is 2. The lowest BCUT2D eigenvalue weighted by Crippen LogP contribution is -2.61. The third-order valence-electron chi connectivity index (χ3n) is 16.9. The van der Waals surface area contributed by atoms with E-state index in [1.54, 1.807) is 55.6 Å². The average molecular weight is 941 g/mol. The molecule has 0 N–H and O–H groups in total. The molecule has 0 saturated carbocycles. The van der Waals surface area contributed by atoms with E-state index in [-0.39, 0.29) is 111 Å². The molecule has 68 heavy (non-hydrogen) atoms. The van der Waals surface area contributed by atoms with Crippen LogP contribution in [-0.2, 0) is 56.9 Å². The number of benzene rings is 2. The number of ketones is 1. The summed E-state index contributed by atoms with van der Waals surface area (Å²) in [6, 6.07) is 17.4. The van der Waals surface area contributed by atoms with Crippen LogP contribution in [0.5, 0.6) is 0 Å². The summed E-state index contributed by atoms with van der Waals surface area (Å²) in [5.74, 6) is -1.57. The molecule has 12 rings (SSSR count). The largest absolute Gasteiger partial charge is 0.458 e. The number of fused-ring (bicyclic) bond motifs is 6. The Labute approximate surface area is 399 Å². The molecule has 368 valence electrons. The normalized spacial score (nSPS) is 43.6. The topological polar surface area (TPSA) is 153 Å². The summed E-state index contributed by atoms with van der Waals surface area (Å²) in [5, 5.41) is 0. The van der Waals surface area contributed by atoms with Crippen molar-refractivity contribution >= 4 is 17.7 Å². The Morgan fingerprint density at radius 2 is 1.40 bits per heavy atom. The predicted octanol–water partition coefficient (Wildman–Crippen LogP) is 7.28. The molecule has 0 aromatic heterocycles. The Balaban J connectivity index is 0.863. The van der Waals surface area contributed by atoms with Gasteiger partial charge in [-0.25, -0.2) is 9.59 Å². The average Bonchev–Trinajstić information content (AvgIpc) is 4.02. The highest BCUT2D eigenvalue weighted by Crippen LogP contribution is 2.54. The SMILES string of the molecule is C=C1CC2CC[C@@]34C[C@H]5O[C@H]6[C@@H](O3)[C@H]3OC(CC[C@@H]3O[C@H]6[C@H]5O4)CC(=O)C[C@@H]3C(OC)[C@@H](C[C@@H](COC(=O)c4ccccc4)OC(=O)c4ccccc4)O[C@H]3CC3OC(CCC1O2)C[C@@H](C)C3C. The molecule has 0 radical (unpaired) electrons. The molecule has 7 unspecified atom stereocenters. The van der Waals surface area contributed by atoms with Crippen LogP contribution in [0.1, 0.15) is 118 Å². The molecule has 2 aromatic carbocycles. The van der Waals surface area contributed by atoms with Crippen molar-refractivity contribution in [3.63, 3.8) is 0 Å². The molecule has 10 saturated heterocycles. The maximum Gasteiger partial charge on any atom is 0.338 e. The van der Waals surface area contributed by atoms with Crippen LogP contribution in [0.2, 0.25) is 0 Å². The smallest absolute Gasteiger partial charge is 0.338 e. The predicted molar refractivity (Wildman–Crippen MR) is 244 cm³/mol. The van der Waals surface area contributed by atoms with E-state index in [1.807, 2.05) is 12.1 Å². The van der Waals surface area contributed by atoms with Gasteiger partial charge in [-0.3, -0.25) is 4.79 Å². The summed E-state index contributed by atoms with van der Waals surface area (Å²) >= 11 is 0. The van der Waals surface area contributed by atoms with E-state index < -0.39 is 48.2 Å². The fraction of sp³-hybridized carbons (Fsp3) is 0.685. The Kier molecular flexibility index (Phi) is 13.5. The second kappa shape index (κ2) is 19.6. The molecule has 10 heterocycles. The minimum atomic E-state index is -0.882. The van der Waals surface area contributed by atoms with Crippen molar-refractivity contribution in [2.24, 2.45) is 17.8 Å². The van der Waals surface area contributed by atoms with Gasteiger partial charge in [0.25, 0.3) is 0 Å². The van der Waals surface area contributed by atoms with Crippen molar-refractivity contribution in [3.05, 3.63) is 83.9 Å². The van der Waals surface area contributed by atoms with E-state index in [2.05, 4.69) is 20.4 Å². The standard InChI is InChI=1S/C54H68O14/c1-29-21-35-15-17-40-30(2)22-37(60-40)19-20-54-27-45-48(67-54)49-50(66-45)51(68-54)47-41(65-49)18-16-36(62-47)23-34(55)24-39-43(26-42(61-35)31(29)3)64-44(46(39)58-4)25-38(63-53(57)33-13-9-6-10-14-33)28-59-52(56)32-11-7-5-8-12-32/h5-14,29,31,35-51H,2,15-28H2,1,3-4H3/t29-,31?,35?,36?,37?,38+,39+,40?,41+,42?,43+,44-,45-,46?,47+,48+,49+,50-,51+,54+/m1/s1. The first-order valence-corrected chi connectivity index (χ1v) is 25.5. The molecule has 0 aliphatic carbocycles. The maximum absolute atomic E-state index is 14.6. The van der Waals surface area contributed by atoms with E-state index in [9.17, 15) is 14.4 Å². The number of hydrogen-bond donors (Lipinski definition) is 0. The van der Waals surface area contributed by atoms with Gasteiger partial charge in [0.15, 0.2) is 5.79 Å². The molecule has 2 aromatic rings. The minimum absolute atomic E-state index is 0.0179. The summed E-state index contributed by atoms with van der Waals surface area (Å²) in [6.07, 6.45) is 3.29. The first-order valence-electron chi connectivity index (χ1n) is 25.5. The summed E-state index contributed by atoms with van der Waals surface area (Å²) in [6.45, 7) is 8.83. The zero-order valence-electron chi connectivity index (χ0n) is 39.6. The van der Waals surface area contributed by atoms with Crippen LogP contribution in [0.25, 0.3) is 0 Å². The van der Waals surface area contributed by atoms with Gasteiger partial charge in [-0.2, -0.15) is 0 Å². The van der Waals surface area contributed by atoms with Crippen LogP contribution in [0.3, 0.4) is 0 Å². The molecular weight excluding hydrogens is 873 g/mol. The fourth-order valence-electron chi connectivity index (χ4n) is 13.2. The van der Waals surface area contributed by atoms with Gasteiger partial charge in [-0.15, -0.1) is 0 Å². The zero-order valence-corrected chi connectivity index (χ0v) is 39.6. The Morgan fingerprint density at radius 1 is 0.691 bits per heavy atom. The second-order valence-electron chi connectivity index (χ2n) is 21.3. The first kappa shape index (κ1) is 46.8. The van der Waals surface area contributed by atoms with Crippen LogP contribution in [-0.4, -0.2) is 135 Å². The molecule has 0 amide bonds. The van der Waals surface area contributed by atoms with Crippen molar-refractivity contribution in [2.75, 3.05) is 13.7 Å². The van der Waals surface area contributed by atoms with E-state index in [0.717, 1.165) is 44.1 Å². The van der Waals surface area contributed by atoms with Crippen molar-refractivity contribution < 1.29 is 66.5 Å². The van der Waals surface area contributed by atoms with Gasteiger partial charge in [0.2, 0.25) is 0 Å². The highest BCUT2D eigenvalue weighted by Gasteiger charge is 2.69. The lowest BCUT2D eigenvalue weighted by atomic mass is 9.78. The summed E-state index contributed by atoms with van der Waals surface area (Å²) < 4.78 is 73.2. The Hall–Kier alpha value is -3.57. The number of Topliss-reactive ketones (excluding diaryl/α,β-unsaturated/α-hetero) is 1. The van der Waals surface area contributed by atoms with Crippen molar-refractivity contribution in [1.29, 1.82) is 0 Å². The van der Waals surface area contributed by atoms with Crippen molar-refractivity contribution in [3.8, 4) is 0 Å². The van der Waals surface area contributed by atoms with Crippen LogP contribution >= 0.6 is 0 Å². The second-order valence-corrected chi connectivity index (χ2v) is 21.3. The van der Waals surface area contributed by atoms with Crippen LogP contribution in [0.4, 0.5) is 0 Å². The third-order valence-corrected chi connectivity index (χ3v) is 16.9. The number of ether oxygens (including phenoxy) is 11. The molecule has 10 aliphatic rings. The van der Waals surface area contributed by atoms with Gasteiger partial charge < -0.3 is 52.1 Å². The number of methoxy groups -OCH3 is 1. The monoisotopic (exact) mass is 940 g/mol. The molecule has 10 aliphatic heterocycles. The first-order chi connectivity index (χ1) is 33.0. The number of carbonyl (C=O) groups excluding carboxylic acids is 3. The van der Waals surface area contributed by atoms with Gasteiger partial charge in [0, 0.05) is 51.6 Å². The van der Waals surface area contributed by atoms with Crippen molar-refractivity contribution in [1.82, 2.24) is 0 Å². The maximum atomic E-state index is 14.6. The lowest BCUT2D eigenvalue weighted by molar-refractivity contribution is -0.292. The Morgan fingerprint density at radius 3 is 2.18 bits per heavy atom. The zero-order chi connectivity index (χ0) is 46.7. The summed E-state index contributed by atoms with van der Waals surface area (Å²) in [4.78, 5) is 41.4. The fourth-order valence-corrected chi connectivity index (χ4v) is 13.2. The van der Waals surface area contributed by atoms with Gasteiger partial charge >= 0.3 is 11.9 Å². The number of rotatable bonds is 8. The molecular formula is C54H68O14. The minimum Gasteiger partial charge on any atom is -0.458 e. The van der Waals surface area contributed by atoms with Gasteiger partial charge in [-0.1, -0.05) is 56.8 Å². The van der Waals surface area contributed by atoms with Gasteiger partial charge in [-0.05, 0) is 86.6 Å². The molecule has 1 spiro atoms. The molecule has 20 atom stereocenters. The number of carbonyl (C=O) groups is 3. The van der Waals surface area contributed by atoms with Gasteiger partial charge in [0.1, 0.15) is 49.0 Å². The van der Waals surface area contributed by atoms with E-state index in [4.69, 9.17) is 52.1 Å². The van der Waals surface area contributed by atoms with Gasteiger partial charge in [0.05, 0.1) is 72.2 Å². The highest BCUT2D eigenvalue weighted by molar-refractivity contribution is 5.90. The number of hydrogen-bond acceptors (Lipinski definition) is 14. The third kappa shape index (κ3) is 9.39. The van der Waals surface area contributed by atoms with E-state index in [0.29, 0.717) is 42.7 Å². The summed E-state index contributed by atoms with van der Waals surface area (Å²) in [5.41, 5.74) is 1.88. The van der Waals surface area contributed by atoms with E-state index in [1.165, 1.54) is 0 Å². The van der Waals surface area contributed by atoms with E-state index >= 15 is 0 Å². The van der Waals surface area contributed by atoms with Crippen LogP contribution in [0.15, 0.2) is 72.8 Å². The quantitative estimate of drug-likeness (QED) is 0.193. The van der Waals surface area contributed by atoms with Crippen molar-refractivity contribution in [2.45, 2.75) is 201 Å².